The summed E-state index contributed by atoms with van der Waals surface area (Å²) >= 11 is 0. The van der Waals surface area contributed by atoms with Crippen molar-refractivity contribution in [2.75, 3.05) is 13.6 Å². The van der Waals surface area contributed by atoms with Gasteiger partial charge in [0.25, 0.3) is 0 Å². The second kappa shape index (κ2) is 6.74. The van der Waals surface area contributed by atoms with Crippen molar-refractivity contribution in [2.45, 2.75) is 45.3 Å². The normalized spacial score (nSPS) is 26.1. The van der Waals surface area contributed by atoms with Crippen LogP contribution in [0.15, 0.2) is 30.3 Å². The van der Waals surface area contributed by atoms with E-state index in [1.165, 1.54) is 11.9 Å². The van der Waals surface area contributed by atoms with Crippen molar-refractivity contribution >= 4 is 17.9 Å². The number of hydrogen-bond donors (Lipinski definition) is 0. The smallest absolute Gasteiger partial charge is 0.410 e. The SMILES string of the molecule is CN1C(=O)C2CCN(C(=O)OC(C)(C)C)C(Cc3ccccc3)C2C1=O. The van der Waals surface area contributed by atoms with Crippen LogP contribution in [0, 0.1) is 11.8 Å². The molecule has 3 atom stereocenters. The minimum atomic E-state index is -0.614. The van der Waals surface area contributed by atoms with Gasteiger partial charge in [0.2, 0.25) is 11.8 Å². The molecule has 6 heteroatoms. The van der Waals surface area contributed by atoms with Gasteiger partial charge >= 0.3 is 6.09 Å². The largest absolute Gasteiger partial charge is 0.444 e. The molecule has 2 saturated heterocycles. The fourth-order valence-corrected chi connectivity index (χ4v) is 3.92. The third-order valence-corrected chi connectivity index (χ3v) is 5.11. The molecule has 0 saturated carbocycles. The molecule has 0 aromatic heterocycles. The van der Waals surface area contributed by atoms with Crippen molar-refractivity contribution in [1.29, 1.82) is 0 Å². The molecule has 1 aromatic carbocycles. The van der Waals surface area contributed by atoms with Crippen molar-refractivity contribution in [3.8, 4) is 0 Å². The van der Waals surface area contributed by atoms with E-state index in [9.17, 15) is 14.4 Å². The fourth-order valence-electron chi connectivity index (χ4n) is 3.92. The fraction of sp³-hybridized carbons (Fsp3) is 0.550. The second-order valence-electron chi connectivity index (χ2n) is 8.09. The van der Waals surface area contributed by atoms with Crippen LogP contribution in [-0.4, -0.2) is 52.9 Å². The standard InChI is InChI=1S/C20H26N2O4/c1-20(2,3)26-19(25)22-11-10-14-16(18(24)21(4)17(14)23)15(22)12-13-8-6-5-7-9-13/h5-9,14-16H,10-12H2,1-4H3. The molecule has 2 aliphatic heterocycles. The Morgan fingerprint density at radius 3 is 2.42 bits per heavy atom. The maximum atomic E-state index is 12.8. The highest BCUT2D eigenvalue weighted by Crippen LogP contribution is 2.38. The Morgan fingerprint density at radius 2 is 1.81 bits per heavy atom. The third kappa shape index (κ3) is 3.45. The van der Waals surface area contributed by atoms with Crippen LogP contribution < -0.4 is 0 Å². The van der Waals surface area contributed by atoms with Gasteiger partial charge in [-0.3, -0.25) is 14.5 Å². The number of rotatable bonds is 2. The summed E-state index contributed by atoms with van der Waals surface area (Å²) in [4.78, 5) is 40.8. The van der Waals surface area contributed by atoms with E-state index >= 15 is 0 Å². The van der Waals surface area contributed by atoms with Gasteiger partial charge in [-0.15, -0.1) is 0 Å². The monoisotopic (exact) mass is 358 g/mol. The van der Waals surface area contributed by atoms with Gasteiger partial charge in [0, 0.05) is 13.6 Å². The van der Waals surface area contributed by atoms with E-state index in [4.69, 9.17) is 4.74 Å². The van der Waals surface area contributed by atoms with E-state index in [2.05, 4.69) is 0 Å². The highest BCUT2D eigenvalue weighted by molar-refractivity contribution is 6.05. The van der Waals surface area contributed by atoms with Gasteiger partial charge < -0.3 is 9.64 Å². The molecule has 1 aromatic rings. The Kier molecular flexibility index (Phi) is 4.78. The zero-order valence-electron chi connectivity index (χ0n) is 15.8. The number of hydrogen-bond acceptors (Lipinski definition) is 4. The summed E-state index contributed by atoms with van der Waals surface area (Å²) in [5.41, 5.74) is 0.416. The lowest BCUT2D eigenvalue weighted by Gasteiger charge is -2.41. The van der Waals surface area contributed by atoms with Gasteiger partial charge in [-0.25, -0.2) is 4.79 Å². The number of carbonyl (C=O) groups is 3. The molecule has 0 bridgehead atoms. The minimum absolute atomic E-state index is 0.137. The molecule has 2 fully saturated rings. The highest BCUT2D eigenvalue weighted by atomic mass is 16.6. The lowest BCUT2D eigenvalue weighted by atomic mass is 9.79. The first kappa shape index (κ1) is 18.4. The maximum absolute atomic E-state index is 12.8. The van der Waals surface area contributed by atoms with Gasteiger partial charge in [-0.05, 0) is 39.2 Å². The van der Waals surface area contributed by atoms with Gasteiger partial charge in [-0.1, -0.05) is 30.3 Å². The van der Waals surface area contributed by atoms with Gasteiger partial charge in [-0.2, -0.15) is 0 Å². The predicted molar refractivity (Wildman–Crippen MR) is 96.2 cm³/mol. The summed E-state index contributed by atoms with van der Waals surface area (Å²) in [7, 11) is 1.53. The molecule has 0 spiro atoms. The lowest BCUT2D eigenvalue weighted by molar-refractivity contribution is -0.138. The predicted octanol–water partition coefficient (Wildman–Crippen LogP) is 2.47. The maximum Gasteiger partial charge on any atom is 0.410 e. The lowest BCUT2D eigenvalue weighted by Crippen LogP contribution is -2.54. The van der Waals surface area contributed by atoms with Gasteiger partial charge in [0.15, 0.2) is 0 Å². The number of piperidine rings is 1. The summed E-state index contributed by atoms with van der Waals surface area (Å²) in [6.45, 7) is 5.88. The van der Waals surface area contributed by atoms with E-state index in [1.54, 1.807) is 4.90 Å². The molecule has 26 heavy (non-hydrogen) atoms. The Morgan fingerprint density at radius 1 is 1.15 bits per heavy atom. The van der Waals surface area contributed by atoms with Crippen LogP contribution in [0.25, 0.3) is 0 Å². The van der Waals surface area contributed by atoms with Crippen molar-refractivity contribution in [2.24, 2.45) is 11.8 Å². The minimum Gasteiger partial charge on any atom is -0.444 e. The number of nitrogens with zero attached hydrogens (tertiary/aromatic N) is 2. The average molecular weight is 358 g/mol. The highest BCUT2D eigenvalue weighted by Gasteiger charge is 2.54. The molecule has 3 rings (SSSR count). The zero-order valence-corrected chi connectivity index (χ0v) is 15.8. The van der Waals surface area contributed by atoms with Crippen LogP contribution in [-0.2, 0) is 20.7 Å². The van der Waals surface area contributed by atoms with Crippen LogP contribution in [0.4, 0.5) is 4.79 Å². The summed E-state index contributed by atoms with van der Waals surface area (Å²) in [6.07, 6.45) is 0.588. The molecule has 0 N–H and O–H groups in total. The third-order valence-electron chi connectivity index (χ3n) is 5.11. The zero-order chi connectivity index (χ0) is 19.1. The molecular weight excluding hydrogens is 332 g/mol. The van der Waals surface area contributed by atoms with Crippen molar-refractivity contribution in [3.63, 3.8) is 0 Å². The van der Waals surface area contributed by atoms with Gasteiger partial charge in [0.1, 0.15) is 5.60 Å². The summed E-state index contributed by atoms with van der Waals surface area (Å²) < 4.78 is 5.56. The number of ether oxygens (including phenoxy) is 1. The Labute approximate surface area is 154 Å². The molecular formula is C20H26N2O4. The number of amides is 3. The van der Waals surface area contributed by atoms with Crippen LogP contribution in [0.1, 0.15) is 32.8 Å². The average Bonchev–Trinajstić information content (AvgIpc) is 2.79. The van der Waals surface area contributed by atoms with E-state index < -0.39 is 17.6 Å². The Bertz CT molecular complexity index is 710. The van der Waals surface area contributed by atoms with Crippen LogP contribution in [0.2, 0.25) is 0 Å². The number of carbonyl (C=O) groups excluding carboxylic acids is 3. The molecule has 2 heterocycles. The summed E-state index contributed by atoms with van der Waals surface area (Å²) in [5.74, 6) is -1.19. The first-order valence-corrected chi connectivity index (χ1v) is 9.04. The number of fused-ring (bicyclic) bond motifs is 1. The number of benzene rings is 1. The molecule has 3 unspecified atom stereocenters. The van der Waals surface area contributed by atoms with Crippen molar-refractivity contribution in [1.82, 2.24) is 9.80 Å². The quantitative estimate of drug-likeness (QED) is 0.762. The van der Waals surface area contributed by atoms with E-state index in [-0.39, 0.29) is 23.8 Å². The first-order valence-electron chi connectivity index (χ1n) is 9.04. The van der Waals surface area contributed by atoms with E-state index in [1.807, 2.05) is 51.1 Å². The summed E-state index contributed by atoms with van der Waals surface area (Å²) in [6, 6.07) is 9.36. The first-order chi connectivity index (χ1) is 12.2. The van der Waals surface area contributed by atoms with Crippen LogP contribution in [0.3, 0.4) is 0 Å². The molecule has 2 aliphatic rings. The van der Waals surface area contributed by atoms with Crippen LogP contribution in [0.5, 0.6) is 0 Å². The molecule has 140 valence electrons. The van der Waals surface area contributed by atoms with E-state index in [0.717, 1.165) is 5.56 Å². The van der Waals surface area contributed by atoms with E-state index in [0.29, 0.717) is 19.4 Å². The van der Waals surface area contributed by atoms with Gasteiger partial charge in [0.05, 0.1) is 17.9 Å². The second-order valence-corrected chi connectivity index (χ2v) is 8.09. The number of imide groups is 1. The molecule has 6 nitrogen and oxygen atoms in total. The Balaban J connectivity index is 1.92. The topological polar surface area (TPSA) is 66.9 Å². The summed E-state index contributed by atoms with van der Waals surface area (Å²) in [5, 5.41) is 0. The Hall–Kier alpha value is -2.37. The van der Waals surface area contributed by atoms with Crippen molar-refractivity contribution in [3.05, 3.63) is 35.9 Å². The van der Waals surface area contributed by atoms with Crippen LogP contribution >= 0.6 is 0 Å². The molecule has 3 amide bonds. The molecule has 0 radical (unpaired) electrons. The van der Waals surface area contributed by atoms with Crippen molar-refractivity contribution < 1.29 is 19.1 Å². The molecule has 0 aliphatic carbocycles. The number of likely N-dealkylation sites (tertiary alicyclic amines) is 2.